The standard InChI is InChI=1S/C15H10F2N4O3S/c16-11(17)13-20-19-12(24-13)10-6-18-14(25-10)21-9(7-23-15(21)22)8-4-2-1-3-5-8/h1-6,9,11H,7H2/t9-/m0/s1. The smallest absolute Gasteiger partial charge is 0.416 e. The molecule has 1 aliphatic heterocycles. The van der Waals surface area contributed by atoms with Gasteiger partial charge in [-0.1, -0.05) is 41.7 Å². The summed E-state index contributed by atoms with van der Waals surface area (Å²) in [4.78, 5) is 18.1. The molecule has 10 heteroatoms. The zero-order valence-electron chi connectivity index (χ0n) is 12.5. The molecular formula is C15H10F2N4O3S. The number of hydrogen-bond donors (Lipinski definition) is 0. The third-order valence-electron chi connectivity index (χ3n) is 3.60. The Morgan fingerprint density at radius 1 is 1.24 bits per heavy atom. The lowest BCUT2D eigenvalue weighted by Crippen LogP contribution is -2.26. The van der Waals surface area contributed by atoms with Crippen molar-refractivity contribution in [1.29, 1.82) is 0 Å². The van der Waals surface area contributed by atoms with E-state index in [2.05, 4.69) is 15.2 Å². The van der Waals surface area contributed by atoms with Crippen LogP contribution in [0.3, 0.4) is 0 Å². The van der Waals surface area contributed by atoms with Crippen molar-refractivity contribution in [2.24, 2.45) is 0 Å². The molecule has 1 aliphatic rings. The Morgan fingerprint density at radius 2 is 2.04 bits per heavy atom. The van der Waals surface area contributed by atoms with Crippen molar-refractivity contribution in [2.45, 2.75) is 12.5 Å². The van der Waals surface area contributed by atoms with E-state index in [4.69, 9.17) is 9.15 Å². The van der Waals surface area contributed by atoms with Crippen molar-refractivity contribution in [3.8, 4) is 10.8 Å². The summed E-state index contributed by atoms with van der Waals surface area (Å²) < 4.78 is 35.2. The lowest BCUT2D eigenvalue weighted by atomic mass is 10.1. The van der Waals surface area contributed by atoms with Gasteiger partial charge in [0.15, 0.2) is 5.13 Å². The molecule has 2 aromatic heterocycles. The van der Waals surface area contributed by atoms with Gasteiger partial charge in [-0.15, -0.1) is 10.2 Å². The van der Waals surface area contributed by atoms with Crippen LogP contribution in [0.4, 0.5) is 18.7 Å². The second-order valence-electron chi connectivity index (χ2n) is 5.13. The molecule has 1 fully saturated rings. The number of hydrogen-bond acceptors (Lipinski definition) is 7. The third kappa shape index (κ3) is 2.84. The number of nitrogens with zero attached hydrogens (tertiary/aromatic N) is 4. The molecule has 3 heterocycles. The minimum absolute atomic E-state index is 0.0668. The fraction of sp³-hybridized carbons (Fsp3) is 0.200. The molecule has 3 aromatic rings. The summed E-state index contributed by atoms with van der Waals surface area (Å²) in [6.07, 6.45) is -1.96. The molecule has 0 aliphatic carbocycles. The van der Waals surface area contributed by atoms with E-state index in [-0.39, 0.29) is 18.5 Å². The van der Waals surface area contributed by atoms with Crippen LogP contribution in [0.2, 0.25) is 0 Å². The Labute approximate surface area is 143 Å². The maximum Gasteiger partial charge on any atom is 0.416 e. The van der Waals surface area contributed by atoms with Crippen LogP contribution in [-0.4, -0.2) is 27.9 Å². The number of ether oxygens (including phenoxy) is 1. The van der Waals surface area contributed by atoms with Crippen molar-refractivity contribution in [3.05, 3.63) is 48.0 Å². The average Bonchev–Trinajstić information content (AvgIpc) is 3.34. The molecule has 1 saturated heterocycles. The van der Waals surface area contributed by atoms with E-state index in [0.717, 1.165) is 16.9 Å². The van der Waals surface area contributed by atoms with Gasteiger partial charge in [0.05, 0.1) is 6.20 Å². The SMILES string of the molecule is O=C1OC[C@@H](c2ccccc2)N1c1ncc(-c2nnc(C(F)F)o2)s1. The minimum atomic E-state index is -2.84. The predicted molar refractivity (Wildman–Crippen MR) is 83.4 cm³/mol. The molecule has 0 spiro atoms. The van der Waals surface area contributed by atoms with Crippen LogP contribution < -0.4 is 4.90 Å². The summed E-state index contributed by atoms with van der Waals surface area (Å²) >= 11 is 1.08. The highest BCUT2D eigenvalue weighted by Gasteiger charge is 2.37. The monoisotopic (exact) mass is 364 g/mol. The quantitative estimate of drug-likeness (QED) is 0.700. The normalized spacial score (nSPS) is 17.3. The zero-order chi connectivity index (χ0) is 17.4. The first-order valence-electron chi connectivity index (χ1n) is 7.22. The molecular weight excluding hydrogens is 354 g/mol. The molecule has 7 nitrogen and oxygen atoms in total. The highest BCUT2D eigenvalue weighted by atomic mass is 32.1. The van der Waals surface area contributed by atoms with Gasteiger partial charge in [-0.25, -0.2) is 14.7 Å². The number of halogens is 2. The largest absolute Gasteiger partial charge is 0.447 e. The van der Waals surface area contributed by atoms with E-state index in [1.54, 1.807) is 0 Å². The number of rotatable bonds is 4. The first-order chi connectivity index (χ1) is 12.1. The summed E-state index contributed by atoms with van der Waals surface area (Å²) in [5.41, 5.74) is 0.905. The second kappa shape index (κ2) is 6.20. The summed E-state index contributed by atoms with van der Waals surface area (Å²) in [5, 5.41) is 7.23. The van der Waals surface area contributed by atoms with Gasteiger partial charge in [0.1, 0.15) is 17.5 Å². The molecule has 0 bridgehead atoms. The number of benzene rings is 1. The van der Waals surface area contributed by atoms with Gasteiger partial charge in [-0.05, 0) is 5.56 Å². The number of carbonyl (C=O) groups excluding carboxylic acids is 1. The molecule has 0 radical (unpaired) electrons. The Bertz CT molecular complexity index is 899. The molecule has 25 heavy (non-hydrogen) atoms. The van der Waals surface area contributed by atoms with Gasteiger partial charge in [-0.3, -0.25) is 0 Å². The van der Waals surface area contributed by atoms with Gasteiger partial charge in [-0.2, -0.15) is 8.78 Å². The second-order valence-corrected chi connectivity index (χ2v) is 6.14. The van der Waals surface area contributed by atoms with Crippen LogP contribution in [-0.2, 0) is 4.74 Å². The molecule has 0 unspecified atom stereocenters. The lowest BCUT2D eigenvalue weighted by Gasteiger charge is -2.18. The van der Waals surface area contributed by atoms with Crippen LogP contribution in [0, 0.1) is 0 Å². The van der Waals surface area contributed by atoms with E-state index >= 15 is 0 Å². The maximum absolute atomic E-state index is 12.6. The highest BCUT2D eigenvalue weighted by Crippen LogP contribution is 2.38. The van der Waals surface area contributed by atoms with Gasteiger partial charge in [0.2, 0.25) is 0 Å². The first-order valence-corrected chi connectivity index (χ1v) is 8.04. The fourth-order valence-corrected chi connectivity index (χ4v) is 3.33. The van der Waals surface area contributed by atoms with Gasteiger partial charge >= 0.3 is 12.5 Å². The molecule has 128 valence electrons. The van der Waals surface area contributed by atoms with Gasteiger partial charge in [0.25, 0.3) is 11.8 Å². The number of aromatic nitrogens is 3. The summed E-state index contributed by atoms with van der Waals surface area (Å²) in [6.45, 7) is 0.202. The summed E-state index contributed by atoms with van der Waals surface area (Å²) in [6, 6.07) is 9.08. The number of cyclic esters (lactones) is 1. The number of anilines is 1. The molecule has 4 rings (SSSR count). The van der Waals surface area contributed by atoms with Crippen LogP contribution in [0.5, 0.6) is 0 Å². The predicted octanol–water partition coefficient (Wildman–Crippen LogP) is 3.83. The topological polar surface area (TPSA) is 81.4 Å². The van der Waals surface area contributed by atoms with E-state index in [0.29, 0.717) is 10.0 Å². The maximum atomic E-state index is 12.6. The van der Waals surface area contributed by atoms with Crippen molar-refractivity contribution in [1.82, 2.24) is 15.2 Å². The molecule has 1 aromatic carbocycles. The Morgan fingerprint density at radius 3 is 2.76 bits per heavy atom. The Kier molecular flexibility index (Phi) is 3.88. The average molecular weight is 364 g/mol. The number of alkyl halides is 2. The van der Waals surface area contributed by atoms with Gasteiger partial charge < -0.3 is 9.15 Å². The fourth-order valence-electron chi connectivity index (χ4n) is 2.45. The Balaban J connectivity index is 1.64. The Hall–Kier alpha value is -2.88. The van der Waals surface area contributed by atoms with E-state index < -0.39 is 18.4 Å². The molecule has 1 atom stereocenters. The highest BCUT2D eigenvalue weighted by molar-refractivity contribution is 7.19. The van der Waals surface area contributed by atoms with E-state index in [1.165, 1.54) is 11.1 Å². The number of carbonyl (C=O) groups is 1. The van der Waals surface area contributed by atoms with Crippen LogP contribution in [0.1, 0.15) is 23.9 Å². The van der Waals surface area contributed by atoms with Crippen molar-refractivity contribution < 1.29 is 22.7 Å². The van der Waals surface area contributed by atoms with Gasteiger partial charge in [0, 0.05) is 0 Å². The molecule has 0 saturated carbocycles. The number of thiazole rings is 1. The minimum Gasteiger partial charge on any atom is -0.447 e. The zero-order valence-corrected chi connectivity index (χ0v) is 13.3. The summed E-state index contributed by atoms with van der Waals surface area (Å²) in [5.74, 6) is -0.824. The van der Waals surface area contributed by atoms with E-state index in [9.17, 15) is 13.6 Å². The van der Waals surface area contributed by atoms with Crippen molar-refractivity contribution >= 4 is 22.6 Å². The molecule has 0 N–H and O–H groups in total. The third-order valence-corrected chi connectivity index (χ3v) is 4.58. The van der Waals surface area contributed by atoms with Crippen molar-refractivity contribution in [3.63, 3.8) is 0 Å². The summed E-state index contributed by atoms with van der Waals surface area (Å²) in [7, 11) is 0. The van der Waals surface area contributed by atoms with Crippen molar-refractivity contribution in [2.75, 3.05) is 11.5 Å². The van der Waals surface area contributed by atoms with Crippen LogP contribution in [0.25, 0.3) is 10.8 Å². The van der Waals surface area contributed by atoms with Crippen LogP contribution in [0.15, 0.2) is 40.9 Å². The lowest BCUT2D eigenvalue weighted by molar-refractivity contribution is 0.116. The van der Waals surface area contributed by atoms with Crippen LogP contribution >= 0.6 is 11.3 Å². The van der Waals surface area contributed by atoms with E-state index in [1.807, 2.05) is 30.3 Å². The molecule has 1 amide bonds. The first kappa shape index (κ1) is 15.6. The number of amides is 1.